The zero-order valence-corrected chi connectivity index (χ0v) is 26.7. The number of terminal acetylenes is 1. The molecule has 0 amide bonds. The van der Waals surface area contributed by atoms with Gasteiger partial charge in [0.1, 0.15) is 53.7 Å². The summed E-state index contributed by atoms with van der Waals surface area (Å²) in [6, 6.07) is 5.63. The molecule has 49 heavy (non-hydrogen) atoms. The van der Waals surface area contributed by atoms with Gasteiger partial charge in [-0.3, -0.25) is 9.29 Å². The molecule has 12 heteroatoms. The van der Waals surface area contributed by atoms with Gasteiger partial charge in [0.05, 0.1) is 16.5 Å². The average Bonchev–Trinajstić information content (AvgIpc) is 3.74. The lowest BCUT2D eigenvalue weighted by molar-refractivity contribution is 0.107. The standard InChI is InChI=1S/C37H34F4N6O2/c1-2-26-28(40)10-7-21-14-25(48)15-27(30(21)26)33-32(41)34-31(29(43-33)6-3-4-12-38)35(46-18-23-8-9-24(19-46)42-23)45-36(44-34)49-20-37-11-5-13-47(37)17-22(39)16-37/h1,7,10,14-15,22-24,42,48H,4-5,8-9,11-13,16-20H2/t22-,23?,24?,37+/m1/s1. The lowest BCUT2D eigenvalue weighted by atomic mass is 9.95. The molecule has 8 nitrogen and oxygen atoms in total. The highest BCUT2D eigenvalue weighted by Gasteiger charge is 2.49. The zero-order valence-electron chi connectivity index (χ0n) is 26.7. The van der Waals surface area contributed by atoms with Crippen molar-refractivity contribution in [2.75, 3.05) is 44.4 Å². The van der Waals surface area contributed by atoms with Gasteiger partial charge in [-0.25, -0.2) is 18.2 Å². The summed E-state index contributed by atoms with van der Waals surface area (Å²) < 4.78 is 66.3. The van der Waals surface area contributed by atoms with Gasteiger partial charge >= 0.3 is 6.01 Å². The van der Waals surface area contributed by atoms with Crippen LogP contribution in [0.1, 0.15) is 49.8 Å². The molecule has 2 N–H and O–H groups in total. The van der Waals surface area contributed by atoms with Gasteiger partial charge in [-0.05, 0) is 61.7 Å². The van der Waals surface area contributed by atoms with Gasteiger partial charge in [0.15, 0.2) is 5.82 Å². The highest BCUT2D eigenvalue weighted by Crippen LogP contribution is 2.42. The van der Waals surface area contributed by atoms with Crippen LogP contribution in [0.5, 0.6) is 11.8 Å². The van der Waals surface area contributed by atoms with Gasteiger partial charge in [-0.15, -0.1) is 6.42 Å². The van der Waals surface area contributed by atoms with Gasteiger partial charge in [0.2, 0.25) is 0 Å². The summed E-state index contributed by atoms with van der Waals surface area (Å²) >= 11 is 0. The summed E-state index contributed by atoms with van der Waals surface area (Å²) in [5.74, 6) is 6.66. The summed E-state index contributed by atoms with van der Waals surface area (Å²) in [5.41, 5.74) is -0.894. The molecule has 252 valence electrons. The second kappa shape index (κ2) is 12.3. The second-order valence-electron chi connectivity index (χ2n) is 13.5. The van der Waals surface area contributed by atoms with E-state index in [1.165, 1.54) is 24.3 Å². The van der Waals surface area contributed by atoms with Crippen molar-refractivity contribution in [3.05, 3.63) is 47.2 Å². The number of aromatic hydroxyl groups is 1. The van der Waals surface area contributed by atoms with Crippen LogP contribution in [-0.4, -0.2) is 88.2 Å². The maximum Gasteiger partial charge on any atom is 0.319 e. The number of rotatable bonds is 6. The minimum atomic E-state index is -0.959. The van der Waals surface area contributed by atoms with E-state index in [9.17, 15) is 13.9 Å². The number of anilines is 1. The number of piperazine rings is 1. The van der Waals surface area contributed by atoms with Crippen molar-refractivity contribution in [2.24, 2.45) is 0 Å². The lowest BCUT2D eigenvalue weighted by Gasteiger charge is -2.35. The first kappa shape index (κ1) is 31.6. The van der Waals surface area contributed by atoms with Crippen LogP contribution in [0.15, 0.2) is 24.3 Å². The van der Waals surface area contributed by atoms with Crippen LogP contribution in [0.2, 0.25) is 0 Å². The van der Waals surface area contributed by atoms with E-state index < -0.39 is 30.0 Å². The Balaban J connectivity index is 1.36. The Kier molecular flexibility index (Phi) is 7.97. The van der Waals surface area contributed by atoms with E-state index in [0.717, 1.165) is 32.2 Å². The fraction of sp³-hybridized carbons (Fsp3) is 0.432. The Morgan fingerprint density at radius 2 is 1.90 bits per heavy atom. The number of nitrogens with zero attached hydrogens (tertiary/aromatic N) is 5. The summed E-state index contributed by atoms with van der Waals surface area (Å²) in [4.78, 5) is 18.2. The van der Waals surface area contributed by atoms with Crippen LogP contribution in [0.25, 0.3) is 32.9 Å². The van der Waals surface area contributed by atoms with E-state index >= 15 is 8.78 Å². The van der Waals surface area contributed by atoms with E-state index in [1.54, 1.807) is 0 Å². The Hall–Kier alpha value is -4.65. The van der Waals surface area contributed by atoms with Crippen molar-refractivity contribution >= 4 is 27.5 Å². The molecule has 2 unspecified atom stereocenters. The van der Waals surface area contributed by atoms with Crippen molar-refractivity contribution in [2.45, 2.75) is 62.3 Å². The predicted octanol–water partition coefficient (Wildman–Crippen LogP) is 5.42. The van der Waals surface area contributed by atoms with Crippen LogP contribution >= 0.6 is 0 Å². The largest absolute Gasteiger partial charge is 0.508 e. The zero-order chi connectivity index (χ0) is 33.9. The lowest BCUT2D eigenvalue weighted by Crippen LogP contribution is -2.51. The minimum Gasteiger partial charge on any atom is -0.508 e. The second-order valence-corrected chi connectivity index (χ2v) is 13.5. The molecule has 6 heterocycles. The van der Waals surface area contributed by atoms with E-state index in [4.69, 9.17) is 16.1 Å². The number of hydrogen-bond acceptors (Lipinski definition) is 8. The minimum absolute atomic E-state index is 0.0404. The first-order chi connectivity index (χ1) is 23.8. The molecule has 4 aromatic rings. The van der Waals surface area contributed by atoms with E-state index in [-0.39, 0.29) is 75.7 Å². The molecule has 4 aliphatic rings. The third-order valence-electron chi connectivity index (χ3n) is 10.4. The third kappa shape index (κ3) is 5.48. The Morgan fingerprint density at radius 3 is 2.67 bits per heavy atom. The van der Waals surface area contributed by atoms with Crippen molar-refractivity contribution in [3.8, 4) is 47.2 Å². The molecule has 4 fully saturated rings. The van der Waals surface area contributed by atoms with Crippen molar-refractivity contribution < 1.29 is 27.4 Å². The highest BCUT2D eigenvalue weighted by atomic mass is 19.1. The first-order valence-electron chi connectivity index (χ1n) is 16.7. The first-order valence-corrected chi connectivity index (χ1v) is 16.7. The number of aromatic nitrogens is 3. The van der Waals surface area contributed by atoms with E-state index in [0.29, 0.717) is 37.3 Å². The molecule has 8 rings (SSSR count). The average molecular weight is 671 g/mol. The number of hydrogen-bond donors (Lipinski definition) is 2. The van der Waals surface area contributed by atoms with Crippen molar-refractivity contribution in [1.82, 2.24) is 25.2 Å². The van der Waals surface area contributed by atoms with Crippen molar-refractivity contribution in [1.29, 1.82) is 0 Å². The Morgan fingerprint density at radius 1 is 1.08 bits per heavy atom. The topological polar surface area (TPSA) is 86.6 Å². The number of phenols is 1. The molecule has 0 spiro atoms. The van der Waals surface area contributed by atoms with Crippen molar-refractivity contribution in [3.63, 3.8) is 0 Å². The SMILES string of the molecule is C#Cc1c(F)ccc2cc(O)cc(-c3nc(C#CCCF)c4c(N5CC6CCC(C5)N6)nc(OC[C@@]56CCCN5C[C@H](F)C6)nc4c3F)c12. The Bertz CT molecular complexity index is 2080. The normalized spacial score (nSPS) is 24.6. The summed E-state index contributed by atoms with van der Waals surface area (Å²) in [5, 5.41) is 15.1. The molecule has 0 aliphatic carbocycles. The van der Waals surface area contributed by atoms with Crippen LogP contribution < -0.4 is 15.0 Å². The molecule has 0 saturated carbocycles. The monoisotopic (exact) mass is 670 g/mol. The van der Waals surface area contributed by atoms with Gasteiger partial charge < -0.3 is 20.1 Å². The predicted molar refractivity (Wildman–Crippen MR) is 178 cm³/mol. The van der Waals surface area contributed by atoms with E-state index in [1.807, 2.05) is 0 Å². The van der Waals surface area contributed by atoms with Crippen LogP contribution in [0.3, 0.4) is 0 Å². The van der Waals surface area contributed by atoms with E-state index in [2.05, 4.69) is 42.8 Å². The van der Waals surface area contributed by atoms with Gasteiger partial charge in [-0.1, -0.05) is 17.9 Å². The number of nitrogens with one attached hydrogen (secondary N) is 1. The summed E-state index contributed by atoms with van der Waals surface area (Å²) in [6.07, 6.45) is 8.67. The fourth-order valence-electron chi connectivity index (χ4n) is 8.26. The quantitative estimate of drug-likeness (QED) is 0.208. The number of pyridine rings is 1. The maximum absolute atomic E-state index is 17.2. The molecular weight excluding hydrogens is 636 g/mol. The number of halogens is 4. The summed E-state index contributed by atoms with van der Waals surface area (Å²) in [6.45, 7) is 1.75. The van der Waals surface area contributed by atoms with Crippen LogP contribution in [0.4, 0.5) is 23.4 Å². The molecule has 4 saturated heterocycles. The molecule has 4 aliphatic heterocycles. The molecule has 2 bridgehead atoms. The van der Waals surface area contributed by atoms with Gasteiger partial charge in [0.25, 0.3) is 0 Å². The molecule has 0 radical (unpaired) electrons. The number of ether oxygens (including phenoxy) is 1. The number of alkyl halides is 2. The fourth-order valence-corrected chi connectivity index (χ4v) is 8.26. The number of phenolic OH excluding ortho intramolecular Hbond substituents is 1. The highest BCUT2D eigenvalue weighted by molar-refractivity contribution is 6.04. The van der Waals surface area contributed by atoms with Crippen LogP contribution in [0, 0.1) is 35.8 Å². The summed E-state index contributed by atoms with van der Waals surface area (Å²) in [7, 11) is 0. The molecule has 2 aromatic heterocycles. The molecule has 2 aromatic carbocycles. The smallest absolute Gasteiger partial charge is 0.319 e. The van der Waals surface area contributed by atoms with Gasteiger partial charge in [-0.2, -0.15) is 9.97 Å². The molecular formula is C37H34F4N6O2. The van der Waals surface area contributed by atoms with Crippen LogP contribution in [-0.2, 0) is 0 Å². The Labute approximate surface area is 280 Å². The molecule has 4 atom stereocenters. The maximum atomic E-state index is 17.2. The third-order valence-corrected chi connectivity index (χ3v) is 10.4. The van der Waals surface area contributed by atoms with Gasteiger partial charge in [0, 0.05) is 55.5 Å². The number of fused-ring (bicyclic) bond motifs is 5. The number of benzene rings is 2.